The fraction of sp³-hybridized carbons (Fsp3) is 0.636. The summed E-state index contributed by atoms with van der Waals surface area (Å²) in [5, 5.41) is 0. The molecule has 4 nitrogen and oxygen atoms in total. The summed E-state index contributed by atoms with van der Waals surface area (Å²) in [6, 6.07) is 1.37. The molecule has 3 heterocycles. The average Bonchev–Trinajstić information content (AvgIpc) is 2.77. The molecule has 0 spiro atoms. The van der Waals surface area contributed by atoms with Crippen molar-refractivity contribution in [3.05, 3.63) is 18.1 Å². The van der Waals surface area contributed by atoms with Gasteiger partial charge in [0.25, 0.3) is 0 Å². The van der Waals surface area contributed by atoms with Crippen molar-refractivity contribution in [2.45, 2.75) is 25.4 Å². The van der Waals surface area contributed by atoms with Crippen LogP contribution in [-0.4, -0.2) is 47.1 Å². The van der Waals surface area contributed by atoms with Crippen LogP contribution in [0.4, 0.5) is 5.82 Å². The van der Waals surface area contributed by atoms with Gasteiger partial charge in [-0.2, -0.15) is 0 Å². The highest BCUT2D eigenvalue weighted by molar-refractivity contribution is 5.46. The van der Waals surface area contributed by atoms with E-state index in [0.29, 0.717) is 6.04 Å². The van der Waals surface area contributed by atoms with Crippen LogP contribution in [0.1, 0.15) is 12.1 Å². The van der Waals surface area contributed by atoms with Gasteiger partial charge in [-0.05, 0) is 20.4 Å². The molecule has 0 saturated carbocycles. The van der Waals surface area contributed by atoms with Crippen molar-refractivity contribution in [1.29, 1.82) is 0 Å². The Morgan fingerprint density at radius 3 is 2.60 bits per heavy atom. The highest BCUT2D eigenvalue weighted by atomic mass is 15.4. The second kappa shape index (κ2) is 3.17. The van der Waals surface area contributed by atoms with Crippen LogP contribution in [0.2, 0.25) is 0 Å². The van der Waals surface area contributed by atoms with Crippen molar-refractivity contribution in [2.75, 3.05) is 25.0 Å². The zero-order valence-electron chi connectivity index (χ0n) is 9.22. The zero-order chi connectivity index (χ0) is 10.4. The number of piperazine rings is 1. The summed E-state index contributed by atoms with van der Waals surface area (Å²) in [7, 11) is 2.21. The maximum Gasteiger partial charge on any atom is 0.150 e. The smallest absolute Gasteiger partial charge is 0.150 e. The summed E-state index contributed by atoms with van der Waals surface area (Å²) in [6.45, 7) is 4.32. The summed E-state index contributed by atoms with van der Waals surface area (Å²) in [6.07, 6.45) is 4.84. The normalized spacial score (nSPS) is 30.1. The third-order valence-electron chi connectivity index (χ3n) is 3.64. The Bertz CT molecular complexity index is 377. The number of aromatic nitrogens is 2. The third-order valence-corrected chi connectivity index (χ3v) is 3.64. The summed E-state index contributed by atoms with van der Waals surface area (Å²) in [5.74, 6) is 1.08. The number of likely N-dealkylation sites (tertiary alicyclic amines) is 1. The number of fused-ring (bicyclic) bond motifs is 2. The number of hydrogen-bond donors (Lipinski definition) is 0. The predicted octanol–water partition coefficient (Wildman–Crippen LogP) is 0.678. The van der Waals surface area contributed by atoms with Crippen molar-refractivity contribution < 1.29 is 0 Å². The van der Waals surface area contributed by atoms with Gasteiger partial charge in [-0.3, -0.25) is 9.88 Å². The molecule has 15 heavy (non-hydrogen) atoms. The molecule has 2 bridgehead atoms. The topological polar surface area (TPSA) is 32.3 Å². The second-order valence-electron chi connectivity index (χ2n) is 4.60. The van der Waals surface area contributed by atoms with E-state index in [4.69, 9.17) is 0 Å². The van der Waals surface area contributed by atoms with Gasteiger partial charge in [-0.1, -0.05) is 0 Å². The molecular formula is C11H16N4. The monoisotopic (exact) mass is 204 g/mol. The molecule has 2 aliphatic heterocycles. The number of rotatable bonds is 1. The Balaban J connectivity index is 1.89. The van der Waals surface area contributed by atoms with Crippen LogP contribution >= 0.6 is 0 Å². The number of anilines is 1. The largest absolute Gasteiger partial charge is 0.349 e. The number of aryl methyl sites for hydroxylation is 1. The van der Waals surface area contributed by atoms with Crippen LogP contribution in [0.15, 0.2) is 12.4 Å². The first-order valence-electron chi connectivity index (χ1n) is 5.50. The van der Waals surface area contributed by atoms with Gasteiger partial charge in [0.05, 0.1) is 5.69 Å². The molecule has 3 rings (SSSR count). The highest BCUT2D eigenvalue weighted by Crippen LogP contribution is 2.33. The number of likely N-dealkylation sites (N-methyl/N-ethyl adjacent to an activating group) is 1. The van der Waals surface area contributed by atoms with Crippen LogP contribution in [0, 0.1) is 6.92 Å². The summed E-state index contributed by atoms with van der Waals surface area (Å²) >= 11 is 0. The fourth-order valence-electron chi connectivity index (χ4n) is 2.81. The second-order valence-corrected chi connectivity index (χ2v) is 4.60. The highest BCUT2D eigenvalue weighted by Gasteiger charge is 2.42. The van der Waals surface area contributed by atoms with Crippen LogP contribution in [0.25, 0.3) is 0 Å². The van der Waals surface area contributed by atoms with Crippen LogP contribution < -0.4 is 4.90 Å². The first kappa shape index (κ1) is 9.09. The van der Waals surface area contributed by atoms with E-state index in [0.717, 1.165) is 24.1 Å². The fourth-order valence-corrected chi connectivity index (χ4v) is 2.81. The van der Waals surface area contributed by atoms with Gasteiger partial charge >= 0.3 is 0 Å². The van der Waals surface area contributed by atoms with E-state index in [1.54, 1.807) is 12.4 Å². The van der Waals surface area contributed by atoms with Crippen molar-refractivity contribution in [1.82, 2.24) is 14.9 Å². The minimum atomic E-state index is 0.649. The van der Waals surface area contributed by atoms with Gasteiger partial charge in [0.1, 0.15) is 5.82 Å². The lowest BCUT2D eigenvalue weighted by atomic mass is 10.2. The Morgan fingerprint density at radius 2 is 2.00 bits per heavy atom. The van der Waals surface area contributed by atoms with Crippen molar-refractivity contribution in [2.24, 2.45) is 0 Å². The number of hydrogen-bond acceptors (Lipinski definition) is 4. The van der Waals surface area contributed by atoms with Gasteiger partial charge in [0, 0.05) is 37.6 Å². The molecule has 0 aromatic carbocycles. The predicted molar refractivity (Wildman–Crippen MR) is 58.9 cm³/mol. The third kappa shape index (κ3) is 1.32. The number of nitrogens with zero attached hydrogens (tertiary/aromatic N) is 4. The first-order valence-corrected chi connectivity index (χ1v) is 5.50. The van der Waals surface area contributed by atoms with E-state index in [2.05, 4.69) is 26.8 Å². The van der Waals surface area contributed by atoms with Gasteiger partial charge in [-0.25, -0.2) is 4.98 Å². The lowest BCUT2D eigenvalue weighted by Crippen LogP contribution is -2.45. The molecule has 1 aromatic rings. The van der Waals surface area contributed by atoms with Crippen LogP contribution in [-0.2, 0) is 0 Å². The van der Waals surface area contributed by atoms with E-state index in [-0.39, 0.29) is 0 Å². The molecule has 1 aromatic heterocycles. The van der Waals surface area contributed by atoms with Gasteiger partial charge in [0.2, 0.25) is 0 Å². The molecular weight excluding hydrogens is 188 g/mol. The lowest BCUT2D eigenvalue weighted by Gasteiger charge is -2.33. The molecule has 2 fully saturated rings. The summed E-state index contributed by atoms with van der Waals surface area (Å²) in [5.41, 5.74) is 1.05. The van der Waals surface area contributed by atoms with Crippen molar-refractivity contribution >= 4 is 5.82 Å². The van der Waals surface area contributed by atoms with Crippen molar-refractivity contribution in [3.63, 3.8) is 0 Å². The van der Waals surface area contributed by atoms with E-state index >= 15 is 0 Å². The van der Waals surface area contributed by atoms with Gasteiger partial charge < -0.3 is 4.90 Å². The van der Waals surface area contributed by atoms with Crippen LogP contribution in [0.3, 0.4) is 0 Å². The van der Waals surface area contributed by atoms with Gasteiger partial charge in [0.15, 0.2) is 0 Å². The minimum absolute atomic E-state index is 0.649. The Kier molecular flexibility index (Phi) is 1.92. The quantitative estimate of drug-likeness (QED) is 0.673. The van der Waals surface area contributed by atoms with E-state index in [9.17, 15) is 0 Å². The Hall–Kier alpha value is -1.16. The SMILES string of the molecule is Cc1nccnc1N1CC2CC1CN2C. The standard InChI is InChI=1S/C11H16N4/c1-8-11(13-4-3-12-8)15-7-9-5-10(15)6-14(9)2/h3-4,9-10H,5-7H2,1-2H3. The Labute approximate surface area is 89.9 Å². The summed E-state index contributed by atoms with van der Waals surface area (Å²) in [4.78, 5) is 13.6. The molecule has 2 aliphatic rings. The summed E-state index contributed by atoms with van der Waals surface area (Å²) < 4.78 is 0. The molecule has 0 radical (unpaired) electrons. The van der Waals surface area contributed by atoms with E-state index in [1.807, 2.05) is 6.92 Å². The van der Waals surface area contributed by atoms with E-state index in [1.165, 1.54) is 13.0 Å². The minimum Gasteiger partial charge on any atom is -0.349 e. The molecule has 0 N–H and O–H groups in total. The molecule has 0 aliphatic carbocycles. The molecule has 4 heteroatoms. The molecule has 2 unspecified atom stereocenters. The van der Waals surface area contributed by atoms with Crippen LogP contribution in [0.5, 0.6) is 0 Å². The molecule has 80 valence electrons. The average molecular weight is 204 g/mol. The maximum atomic E-state index is 4.45. The Morgan fingerprint density at radius 1 is 1.20 bits per heavy atom. The maximum absolute atomic E-state index is 4.45. The zero-order valence-corrected chi connectivity index (χ0v) is 9.22. The molecule has 0 amide bonds. The lowest BCUT2D eigenvalue weighted by molar-refractivity contribution is 0.292. The van der Waals surface area contributed by atoms with E-state index < -0.39 is 0 Å². The molecule has 2 atom stereocenters. The van der Waals surface area contributed by atoms with Crippen molar-refractivity contribution in [3.8, 4) is 0 Å². The first-order chi connectivity index (χ1) is 7.25. The van der Waals surface area contributed by atoms with Gasteiger partial charge in [-0.15, -0.1) is 0 Å². The molecule has 2 saturated heterocycles.